The van der Waals surface area contributed by atoms with Crippen LogP contribution in [0.15, 0.2) is 23.8 Å². The Kier molecular flexibility index (Phi) is 9.34. The van der Waals surface area contributed by atoms with Gasteiger partial charge in [-0.25, -0.2) is 0 Å². The van der Waals surface area contributed by atoms with Gasteiger partial charge < -0.3 is 10.1 Å². The topological polar surface area (TPSA) is 38.3 Å². The van der Waals surface area contributed by atoms with Gasteiger partial charge in [0.25, 0.3) is 0 Å². The first-order valence-electron chi connectivity index (χ1n) is 5.83. The van der Waals surface area contributed by atoms with Crippen LogP contribution in [0.2, 0.25) is 0 Å². The number of carbonyl (C=O) groups excluding carboxylic acids is 1. The Bertz CT molecular complexity index is 309. The summed E-state index contributed by atoms with van der Waals surface area (Å²) in [6.45, 7) is 6.41. The molecule has 3 nitrogen and oxygen atoms in total. The van der Waals surface area contributed by atoms with Crippen molar-refractivity contribution in [3.63, 3.8) is 0 Å². The summed E-state index contributed by atoms with van der Waals surface area (Å²) in [4.78, 5) is 10.6. The zero-order valence-corrected chi connectivity index (χ0v) is 11.6. The van der Waals surface area contributed by atoms with Crippen LogP contribution in [0.5, 0.6) is 0 Å². The lowest BCUT2D eigenvalue weighted by Gasteiger charge is -2.07. The Morgan fingerprint density at radius 1 is 1.41 bits per heavy atom. The summed E-state index contributed by atoms with van der Waals surface area (Å²) in [7, 11) is 0. The van der Waals surface area contributed by atoms with E-state index in [1.165, 1.54) is 6.92 Å². The molecule has 0 aromatic carbocycles. The Morgan fingerprint density at radius 2 is 2.12 bits per heavy atom. The molecule has 0 atom stereocenters. The van der Waals surface area contributed by atoms with E-state index in [4.69, 9.17) is 17.0 Å². The van der Waals surface area contributed by atoms with Crippen LogP contribution in [-0.2, 0) is 9.53 Å². The molecule has 4 heteroatoms. The van der Waals surface area contributed by atoms with Crippen LogP contribution in [0.3, 0.4) is 0 Å². The zero-order chi connectivity index (χ0) is 13.1. The highest BCUT2D eigenvalue weighted by Crippen LogP contribution is 2.00. The molecule has 0 aromatic heterocycles. The molecule has 0 fully saturated rings. The molecule has 0 aliphatic rings. The van der Waals surface area contributed by atoms with Gasteiger partial charge in [0.2, 0.25) is 5.91 Å². The Hall–Kier alpha value is -1.16. The molecule has 0 heterocycles. The van der Waals surface area contributed by atoms with E-state index in [0.29, 0.717) is 18.2 Å². The lowest BCUT2D eigenvalue weighted by molar-refractivity contribution is -0.119. The van der Waals surface area contributed by atoms with Crippen molar-refractivity contribution < 1.29 is 9.53 Å². The van der Waals surface area contributed by atoms with Gasteiger partial charge in [-0.05, 0) is 25.6 Å². The van der Waals surface area contributed by atoms with Gasteiger partial charge in [-0.15, -0.1) is 0 Å². The number of nitrogens with one attached hydrogen (secondary N) is 1. The van der Waals surface area contributed by atoms with Gasteiger partial charge in [-0.2, -0.15) is 0 Å². The fourth-order valence-electron chi connectivity index (χ4n) is 1.03. The van der Waals surface area contributed by atoms with Crippen LogP contribution in [0, 0.1) is 0 Å². The third-order valence-electron chi connectivity index (χ3n) is 1.97. The summed E-state index contributed by atoms with van der Waals surface area (Å²) in [6, 6.07) is 0. The third kappa shape index (κ3) is 9.75. The second-order valence-electron chi connectivity index (χ2n) is 3.69. The summed E-state index contributed by atoms with van der Waals surface area (Å²) < 4.78 is 5.33. The maximum absolute atomic E-state index is 10.6. The van der Waals surface area contributed by atoms with Gasteiger partial charge in [0.15, 0.2) is 5.05 Å². The summed E-state index contributed by atoms with van der Waals surface area (Å²) in [5.41, 5.74) is 0.926. The third-order valence-corrected chi connectivity index (χ3v) is 2.41. The molecule has 0 aliphatic carbocycles. The monoisotopic (exact) mass is 255 g/mol. The second kappa shape index (κ2) is 10.0. The average Bonchev–Trinajstić information content (AvgIpc) is 2.29. The van der Waals surface area contributed by atoms with Crippen molar-refractivity contribution in [2.45, 2.75) is 33.6 Å². The minimum atomic E-state index is -0.0609. The number of hydrogen-bond donors (Lipinski definition) is 1. The quantitative estimate of drug-likeness (QED) is 0.329. The maximum Gasteiger partial charge on any atom is 0.216 e. The molecule has 96 valence electrons. The first-order chi connectivity index (χ1) is 8.07. The van der Waals surface area contributed by atoms with Crippen molar-refractivity contribution in [3.8, 4) is 0 Å². The summed E-state index contributed by atoms with van der Waals surface area (Å²) >= 11 is 5.10. The number of allylic oxidation sites excluding steroid dienone is 3. The smallest absolute Gasteiger partial charge is 0.216 e. The molecule has 0 aromatic rings. The van der Waals surface area contributed by atoms with E-state index in [-0.39, 0.29) is 5.91 Å². The van der Waals surface area contributed by atoms with Crippen molar-refractivity contribution in [2.24, 2.45) is 0 Å². The number of hydrogen-bond acceptors (Lipinski definition) is 3. The number of unbranched alkanes of at least 4 members (excludes halogenated alkanes) is 1. The number of carbonyl (C=O) groups is 1. The van der Waals surface area contributed by atoms with Gasteiger partial charge in [0.1, 0.15) is 6.61 Å². The Balaban J connectivity index is 3.84. The molecule has 0 aliphatic heterocycles. The number of ether oxygens (including phenoxy) is 1. The molecular formula is C13H21NO2S. The fourth-order valence-corrected chi connectivity index (χ4v) is 1.18. The van der Waals surface area contributed by atoms with E-state index in [1.54, 1.807) is 0 Å². The number of amides is 1. The van der Waals surface area contributed by atoms with Crippen LogP contribution in [0.1, 0.15) is 33.6 Å². The van der Waals surface area contributed by atoms with E-state index in [9.17, 15) is 4.79 Å². The molecule has 0 radical (unpaired) electrons. The minimum Gasteiger partial charge on any atom is -0.481 e. The largest absolute Gasteiger partial charge is 0.481 e. The molecule has 0 saturated carbocycles. The summed E-state index contributed by atoms with van der Waals surface area (Å²) in [5, 5.41) is 3.13. The van der Waals surface area contributed by atoms with Gasteiger partial charge in [0, 0.05) is 12.5 Å². The van der Waals surface area contributed by atoms with Crippen molar-refractivity contribution in [1.29, 1.82) is 0 Å². The molecule has 1 amide bonds. The Morgan fingerprint density at radius 3 is 2.71 bits per heavy atom. The fraction of sp³-hybridized carbons (Fsp3) is 0.538. The second-order valence-corrected chi connectivity index (χ2v) is 4.06. The average molecular weight is 255 g/mol. The molecule has 0 rings (SSSR count). The molecule has 0 unspecified atom stereocenters. The molecule has 0 saturated heterocycles. The van der Waals surface area contributed by atoms with E-state index in [2.05, 4.69) is 18.3 Å². The van der Waals surface area contributed by atoms with Crippen molar-refractivity contribution in [2.75, 3.05) is 13.2 Å². The molecule has 0 bridgehead atoms. The van der Waals surface area contributed by atoms with Gasteiger partial charge in [-0.1, -0.05) is 31.6 Å². The van der Waals surface area contributed by atoms with Crippen molar-refractivity contribution in [1.82, 2.24) is 5.32 Å². The minimum absolute atomic E-state index is 0.0609. The van der Waals surface area contributed by atoms with Crippen LogP contribution in [0.4, 0.5) is 0 Å². The van der Waals surface area contributed by atoms with Crippen LogP contribution in [-0.4, -0.2) is 24.1 Å². The zero-order valence-electron chi connectivity index (χ0n) is 10.8. The molecule has 17 heavy (non-hydrogen) atoms. The maximum atomic E-state index is 10.6. The number of rotatable bonds is 7. The lowest BCUT2D eigenvalue weighted by atomic mass is 10.2. The van der Waals surface area contributed by atoms with Crippen molar-refractivity contribution >= 4 is 23.2 Å². The lowest BCUT2D eigenvalue weighted by Crippen LogP contribution is -2.25. The molecule has 0 spiro atoms. The van der Waals surface area contributed by atoms with E-state index < -0.39 is 0 Å². The van der Waals surface area contributed by atoms with Gasteiger partial charge >= 0.3 is 0 Å². The summed E-state index contributed by atoms with van der Waals surface area (Å²) in [6.07, 6.45) is 8.24. The first kappa shape index (κ1) is 15.8. The SMILES string of the molecule is CCC/C=C/C=C(\C)C(=S)OCCNC(C)=O. The van der Waals surface area contributed by atoms with E-state index in [0.717, 1.165) is 18.4 Å². The Labute approximate surface area is 109 Å². The van der Waals surface area contributed by atoms with Crippen LogP contribution in [0.25, 0.3) is 0 Å². The molecular weight excluding hydrogens is 234 g/mol. The highest BCUT2D eigenvalue weighted by molar-refractivity contribution is 7.80. The van der Waals surface area contributed by atoms with Gasteiger partial charge in [0.05, 0.1) is 6.54 Å². The van der Waals surface area contributed by atoms with Crippen LogP contribution >= 0.6 is 12.2 Å². The summed E-state index contributed by atoms with van der Waals surface area (Å²) in [5.74, 6) is -0.0609. The predicted molar refractivity (Wildman–Crippen MR) is 75.0 cm³/mol. The van der Waals surface area contributed by atoms with E-state index >= 15 is 0 Å². The standard InChI is InChI=1S/C13H21NO2S/c1-4-5-6-7-8-11(2)13(17)16-10-9-14-12(3)15/h6-8H,4-5,9-10H2,1-3H3,(H,14,15)/b7-6+,11-8+. The van der Waals surface area contributed by atoms with Crippen molar-refractivity contribution in [3.05, 3.63) is 23.8 Å². The highest BCUT2D eigenvalue weighted by Gasteiger charge is 1.99. The first-order valence-corrected chi connectivity index (χ1v) is 6.23. The number of thiocarbonyl (C=S) groups is 1. The molecule has 1 N–H and O–H groups in total. The normalized spacial score (nSPS) is 11.6. The van der Waals surface area contributed by atoms with E-state index in [1.807, 2.05) is 19.1 Å². The van der Waals surface area contributed by atoms with Gasteiger partial charge in [-0.3, -0.25) is 4.79 Å². The van der Waals surface area contributed by atoms with Crippen LogP contribution < -0.4 is 5.32 Å². The highest BCUT2D eigenvalue weighted by atomic mass is 32.1. The predicted octanol–water partition coefficient (Wildman–Crippen LogP) is 2.77.